The van der Waals surface area contributed by atoms with Crippen LogP contribution in [0, 0.1) is 0 Å². The Hall–Kier alpha value is -4.96. The molecule has 0 aliphatic heterocycles. The second-order valence-electron chi connectivity index (χ2n) is 9.60. The Morgan fingerprint density at radius 1 is 0.952 bits per heavy atom. The third-order valence-corrected chi connectivity index (χ3v) is 6.45. The minimum Gasteiger partial charge on any atom is -0.480 e. The third-order valence-electron chi connectivity index (χ3n) is 6.45. The van der Waals surface area contributed by atoms with E-state index in [2.05, 4.69) is 35.9 Å². The number of aliphatic carboxylic acids is 1. The van der Waals surface area contributed by atoms with Crippen molar-refractivity contribution in [2.75, 3.05) is 13.2 Å². The number of nitrogens with zero attached hydrogens (tertiary/aromatic N) is 2. The van der Waals surface area contributed by atoms with Gasteiger partial charge in [0.1, 0.15) is 18.1 Å². The number of carbonyl (C=O) groups excluding carboxylic acids is 3. The first kappa shape index (κ1) is 31.6. The van der Waals surface area contributed by atoms with Gasteiger partial charge in [-0.05, 0) is 24.5 Å². The van der Waals surface area contributed by atoms with Crippen LogP contribution in [0.15, 0.2) is 48.0 Å². The molecule has 1 aromatic carbocycles. The zero-order valence-electron chi connectivity index (χ0n) is 22.7. The molecule has 4 atom stereocenters. The zero-order chi connectivity index (χ0) is 30.6. The van der Waals surface area contributed by atoms with Gasteiger partial charge in [-0.1, -0.05) is 18.2 Å². The molecule has 16 heteroatoms. The second-order valence-corrected chi connectivity index (χ2v) is 9.60. The molecule has 0 bridgehead atoms. The zero-order valence-corrected chi connectivity index (χ0v) is 22.7. The maximum atomic E-state index is 13.6. The Labute approximate surface area is 240 Å². The molecule has 0 fully saturated rings. The molecule has 2 aromatic heterocycles. The van der Waals surface area contributed by atoms with Crippen molar-refractivity contribution in [2.45, 2.75) is 49.9 Å². The van der Waals surface area contributed by atoms with Gasteiger partial charge in [0, 0.05) is 48.4 Å². The average molecular weight is 585 g/mol. The number of H-pyrrole nitrogens is 2. The highest BCUT2D eigenvalue weighted by Crippen LogP contribution is 2.19. The van der Waals surface area contributed by atoms with Crippen molar-refractivity contribution in [3.8, 4) is 0 Å². The van der Waals surface area contributed by atoms with Crippen molar-refractivity contribution in [3.05, 3.63) is 54.2 Å². The molecule has 4 unspecified atom stereocenters. The number of aliphatic hydroxyl groups is 1. The van der Waals surface area contributed by atoms with Crippen LogP contribution in [-0.2, 0) is 32.0 Å². The van der Waals surface area contributed by atoms with E-state index in [1.165, 1.54) is 12.5 Å². The lowest BCUT2D eigenvalue weighted by Crippen LogP contribution is -2.58. The molecule has 3 aromatic rings. The quantitative estimate of drug-likeness (QED) is 0.0483. The average Bonchev–Trinajstić information content (AvgIpc) is 3.62. The van der Waals surface area contributed by atoms with Crippen molar-refractivity contribution in [2.24, 2.45) is 22.2 Å². The standard InChI is InChI=1S/C26H36N10O6/c27-17(5-3-7-31-26(28)29)22(38)34-20(9-15-11-30-13-33-15)24(40)35-19(23(39)36-21(12-37)25(41)42)8-14-10-32-18-6-2-1-4-16(14)18/h1-2,4,6,10-11,13,17,19-21,32,37H,3,5,7-9,12,27H2,(H,30,33)(H,34,38)(H,35,40)(H,36,39)(H,41,42)(H4,28,29,31). The van der Waals surface area contributed by atoms with Gasteiger partial charge >= 0.3 is 5.97 Å². The summed E-state index contributed by atoms with van der Waals surface area (Å²) in [6.45, 7) is -0.578. The van der Waals surface area contributed by atoms with Crippen LogP contribution in [0.4, 0.5) is 0 Å². The Bertz CT molecular complexity index is 1390. The molecule has 0 aliphatic rings. The maximum absolute atomic E-state index is 13.6. The maximum Gasteiger partial charge on any atom is 0.328 e. The summed E-state index contributed by atoms with van der Waals surface area (Å²) < 4.78 is 0. The Morgan fingerprint density at radius 3 is 2.26 bits per heavy atom. The first-order valence-electron chi connectivity index (χ1n) is 13.2. The fourth-order valence-corrected chi connectivity index (χ4v) is 4.21. The summed E-state index contributed by atoms with van der Waals surface area (Å²) in [5, 5.41) is 27.0. The van der Waals surface area contributed by atoms with Crippen LogP contribution < -0.4 is 33.2 Å². The van der Waals surface area contributed by atoms with Crippen molar-refractivity contribution < 1.29 is 29.4 Å². The molecule has 16 nitrogen and oxygen atoms in total. The van der Waals surface area contributed by atoms with Gasteiger partial charge < -0.3 is 53.3 Å². The number of carbonyl (C=O) groups is 4. The van der Waals surface area contributed by atoms with E-state index < -0.39 is 54.5 Å². The second kappa shape index (κ2) is 15.2. The third kappa shape index (κ3) is 9.03. The Balaban J connectivity index is 1.80. The predicted molar refractivity (Wildman–Crippen MR) is 153 cm³/mol. The van der Waals surface area contributed by atoms with Crippen LogP contribution in [-0.4, -0.2) is 92.1 Å². The molecule has 2 heterocycles. The number of guanidine groups is 1. The van der Waals surface area contributed by atoms with Gasteiger partial charge in [-0.3, -0.25) is 19.4 Å². The molecule has 3 rings (SSSR count). The number of hydrogen-bond donors (Lipinski definition) is 10. The van der Waals surface area contributed by atoms with Gasteiger partial charge in [0.2, 0.25) is 17.7 Å². The van der Waals surface area contributed by atoms with Gasteiger partial charge in [0.15, 0.2) is 5.96 Å². The van der Waals surface area contributed by atoms with E-state index in [1.807, 2.05) is 24.3 Å². The fourth-order valence-electron chi connectivity index (χ4n) is 4.21. The number of carboxylic acid groups (broad SMARTS) is 1. The summed E-state index contributed by atoms with van der Waals surface area (Å²) in [5.41, 5.74) is 18.6. The molecule has 0 spiro atoms. The number of aromatic nitrogens is 3. The number of imidazole rings is 1. The van der Waals surface area contributed by atoms with Gasteiger partial charge in [-0.15, -0.1) is 0 Å². The van der Waals surface area contributed by atoms with E-state index in [1.54, 1.807) is 6.20 Å². The minimum absolute atomic E-state index is 0.00584. The molecular weight excluding hydrogens is 548 g/mol. The Morgan fingerprint density at radius 2 is 1.62 bits per heavy atom. The summed E-state index contributed by atoms with van der Waals surface area (Å²) in [4.78, 5) is 64.9. The summed E-state index contributed by atoms with van der Waals surface area (Å²) in [6.07, 6.45) is 5.22. The largest absolute Gasteiger partial charge is 0.480 e. The summed E-state index contributed by atoms with van der Waals surface area (Å²) in [5.74, 6) is -3.69. The fraction of sp³-hybridized carbons (Fsp3) is 0.385. The summed E-state index contributed by atoms with van der Waals surface area (Å²) >= 11 is 0. The highest BCUT2D eigenvalue weighted by Gasteiger charge is 2.31. The lowest BCUT2D eigenvalue weighted by atomic mass is 10.0. The molecule has 0 saturated heterocycles. The summed E-state index contributed by atoms with van der Waals surface area (Å²) in [7, 11) is 0. The van der Waals surface area contributed by atoms with Gasteiger partial charge in [-0.25, -0.2) is 9.78 Å². The van der Waals surface area contributed by atoms with Crippen LogP contribution in [0.25, 0.3) is 10.9 Å². The van der Waals surface area contributed by atoms with Crippen molar-refractivity contribution >= 4 is 40.6 Å². The normalized spacial score (nSPS) is 13.9. The number of para-hydroxylation sites is 1. The minimum atomic E-state index is -1.59. The van der Waals surface area contributed by atoms with Crippen LogP contribution in [0.3, 0.4) is 0 Å². The number of benzene rings is 1. The van der Waals surface area contributed by atoms with Crippen LogP contribution in [0.1, 0.15) is 24.1 Å². The number of aliphatic hydroxyl groups excluding tert-OH is 1. The first-order chi connectivity index (χ1) is 20.1. The molecule has 13 N–H and O–H groups in total. The molecule has 226 valence electrons. The van der Waals surface area contributed by atoms with Crippen molar-refractivity contribution in [1.82, 2.24) is 30.9 Å². The number of carboxylic acids is 1. The number of hydrogen-bond acceptors (Lipinski definition) is 8. The van der Waals surface area contributed by atoms with E-state index >= 15 is 0 Å². The van der Waals surface area contributed by atoms with Crippen molar-refractivity contribution in [1.29, 1.82) is 0 Å². The van der Waals surface area contributed by atoms with Gasteiger partial charge in [0.25, 0.3) is 0 Å². The van der Waals surface area contributed by atoms with E-state index in [9.17, 15) is 29.4 Å². The molecule has 0 radical (unpaired) electrons. The van der Waals surface area contributed by atoms with Crippen molar-refractivity contribution in [3.63, 3.8) is 0 Å². The number of rotatable bonds is 16. The molecule has 0 aliphatic carbocycles. The molecular formula is C26H36N10O6. The first-order valence-corrected chi connectivity index (χ1v) is 13.2. The van der Waals surface area contributed by atoms with Crippen LogP contribution >= 0.6 is 0 Å². The van der Waals surface area contributed by atoms with Gasteiger partial charge in [-0.2, -0.15) is 0 Å². The SMILES string of the molecule is NC(N)=NCCCC(N)C(=O)NC(Cc1cnc[nH]1)C(=O)NC(Cc1c[nH]c2ccccc12)C(=O)NC(CO)C(=O)O. The monoisotopic (exact) mass is 584 g/mol. The molecule has 3 amide bonds. The van der Waals surface area contributed by atoms with E-state index in [4.69, 9.17) is 17.2 Å². The van der Waals surface area contributed by atoms with Gasteiger partial charge in [0.05, 0.1) is 19.0 Å². The van der Waals surface area contributed by atoms with Crippen LogP contribution in [0.5, 0.6) is 0 Å². The number of amides is 3. The van der Waals surface area contributed by atoms with E-state index in [0.29, 0.717) is 17.7 Å². The lowest BCUT2D eigenvalue weighted by molar-refractivity contribution is -0.143. The van der Waals surface area contributed by atoms with E-state index in [0.717, 1.165) is 10.9 Å². The molecule has 0 saturated carbocycles. The Kier molecular flexibility index (Phi) is 11.4. The smallest absolute Gasteiger partial charge is 0.328 e. The number of nitrogens with two attached hydrogens (primary N) is 3. The highest BCUT2D eigenvalue weighted by molar-refractivity contribution is 5.95. The highest BCUT2D eigenvalue weighted by atomic mass is 16.4. The number of nitrogens with one attached hydrogen (secondary N) is 5. The number of fused-ring (bicyclic) bond motifs is 1. The number of aromatic amines is 2. The van der Waals surface area contributed by atoms with E-state index in [-0.39, 0.29) is 31.8 Å². The summed E-state index contributed by atoms with van der Waals surface area (Å²) in [6, 6.07) is 2.33. The van der Waals surface area contributed by atoms with Crippen LogP contribution in [0.2, 0.25) is 0 Å². The molecule has 42 heavy (non-hydrogen) atoms. The lowest BCUT2D eigenvalue weighted by Gasteiger charge is -2.25. The predicted octanol–water partition coefficient (Wildman–Crippen LogP) is -2.41. The topological polar surface area (TPSA) is 280 Å². The number of aliphatic imine (C=N–C) groups is 1.